The highest BCUT2D eigenvalue weighted by atomic mass is 19.4. The number of aryl methyl sites for hydroxylation is 1. The fraction of sp³-hybridized carbons (Fsp3) is 0.423. The minimum atomic E-state index is -4.59. The molecule has 11 heteroatoms. The lowest BCUT2D eigenvalue weighted by Crippen LogP contribution is -2.49. The number of rotatable bonds is 5. The standard InChI is InChI=1S/C26H25F3N6O2/c1-32-16-30-31-22(32)25(14-37-15-25)18-3-2-4-19(8-18)34-11-21-20(26(27,28)29)7-17(10-35(21)23(34)36)9-33-12-24(13-33)5-6-24/h2-4,7-8,10-11,16H,5-6,9,12-15H2,1H3. The van der Waals surface area contributed by atoms with Crippen LogP contribution in [0.25, 0.3) is 11.2 Å². The number of fused-ring (bicyclic) bond motifs is 1. The van der Waals surface area contributed by atoms with Crippen LogP contribution in [0.2, 0.25) is 0 Å². The molecule has 1 saturated carbocycles. The van der Waals surface area contributed by atoms with Gasteiger partial charge in [-0.25, -0.2) is 4.79 Å². The normalized spacial score (nSPS) is 20.2. The number of likely N-dealkylation sites (tertiary alicyclic amines) is 1. The summed E-state index contributed by atoms with van der Waals surface area (Å²) in [7, 11) is 1.85. The van der Waals surface area contributed by atoms with E-state index >= 15 is 0 Å². The third-order valence-electron chi connectivity index (χ3n) is 8.12. The predicted molar refractivity (Wildman–Crippen MR) is 128 cm³/mol. The number of alkyl halides is 3. The molecule has 4 aromatic rings. The lowest BCUT2D eigenvalue weighted by molar-refractivity contribution is -0.136. The van der Waals surface area contributed by atoms with Crippen molar-refractivity contribution in [2.75, 3.05) is 26.3 Å². The Morgan fingerprint density at radius 2 is 1.89 bits per heavy atom. The number of pyridine rings is 1. The summed E-state index contributed by atoms with van der Waals surface area (Å²) in [6, 6.07) is 8.44. The number of aromatic nitrogens is 5. The van der Waals surface area contributed by atoms with E-state index in [9.17, 15) is 18.0 Å². The second kappa shape index (κ2) is 7.55. The van der Waals surface area contributed by atoms with Crippen molar-refractivity contribution >= 4 is 5.52 Å². The van der Waals surface area contributed by atoms with E-state index in [1.54, 1.807) is 24.7 Å². The van der Waals surface area contributed by atoms with Crippen LogP contribution in [0.5, 0.6) is 0 Å². The zero-order valence-corrected chi connectivity index (χ0v) is 20.2. The molecule has 0 amide bonds. The number of hydrogen-bond acceptors (Lipinski definition) is 5. The smallest absolute Gasteiger partial charge is 0.378 e. The first-order valence-electron chi connectivity index (χ1n) is 12.3. The number of benzene rings is 1. The highest BCUT2D eigenvalue weighted by molar-refractivity contribution is 5.58. The van der Waals surface area contributed by atoms with Crippen molar-refractivity contribution in [1.82, 2.24) is 28.6 Å². The van der Waals surface area contributed by atoms with Gasteiger partial charge in [0.2, 0.25) is 0 Å². The molecule has 7 rings (SSSR count). The number of nitrogens with zero attached hydrogens (tertiary/aromatic N) is 6. The Balaban J connectivity index is 1.31. The van der Waals surface area contributed by atoms with Gasteiger partial charge >= 0.3 is 11.9 Å². The molecule has 2 aliphatic heterocycles. The number of imidazole rings is 1. The van der Waals surface area contributed by atoms with Crippen LogP contribution in [-0.4, -0.2) is 54.9 Å². The molecule has 0 radical (unpaired) electrons. The molecule has 37 heavy (non-hydrogen) atoms. The molecule has 3 aliphatic rings. The summed E-state index contributed by atoms with van der Waals surface area (Å²) in [6.45, 7) is 3.01. The Labute approximate surface area is 209 Å². The summed E-state index contributed by atoms with van der Waals surface area (Å²) in [5.41, 5.74) is 0.174. The summed E-state index contributed by atoms with van der Waals surface area (Å²) >= 11 is 0. The van der Waals surface area contributed by atoms with Gasteiger partial charge < -0.3 is 9.30 Å². The van der Waals surface area contributed by atoms with Crippen LogP contribution in [0.1, 0.15) is 35.4 Å². The van der Waals surface area contributed by atoms with Crippen LogP contribution in [0.3, 0.4) is 0 Å². The minimum absolute atomic E-state index is 0.163. The molecule has 3 fully saturated rings. The summed E-state index contributed by atoms with van der Waals surface area (Å²) in [4.78, 5) is 15.6. The first-order valence-corrected chi connectivity index (χ1v) is 12.3. The fourth-order valence-corrected chi connectivity index (χ4v) is 5.91. The van der Waals surface area contributed by atoms with Crippen LogP contribution >= 0.6 is 0 Å². The first kappa shape index (κ1) is 22.7. The Hall–Kier alpha value is -3.44. The maximum absolute atomic E-state index is 14.1. The van der Waals surface area contributed by atoms with E-state index in [1.807, 2.05) is 23.7 Å². The highest BCUT2D eigenvalue weighted by Crippen LogP contribution is 2.53. The summed E-state index contributed by atoms with van der Waals surface area (Å²) in [5.74, 6) is 0.730. The second-order valence-electron chi connectivity index (χ2n) is 10.8. The van der Waals surface area contributed by atoms with Gasteiger partial charge in [-0.2, -0.15) is 13.2 Å². The van der Waals surface area contributed by atoms with Gasteiger partial charge in [-0.05, 0) is 47.6 Å². The van der Waals surface area contributed by atoms with Gasteiger partial charge in [0.25, 0.3) is 0 Å². The summed E-state index contributed by atoms with van der Waals surface area (Å²) in [6.07, 6.45) is 2.25. The van der Waals surface area contributed by atoms with Crippen molar-refractivity contribution in [3.63, 3.8) is 0 Å². The van der Waals surface area contributed by atoms with Crippen molar-refractivity contribution in [2.45, 2.75) is 31.0 Å². The van der Waals surface area contributed by atoms with Crippen molar-refractivity contribution in [3.05, 3.63) is 82.1 Å². The maximum Gasteiger partial charge on any atom is 0.418 e. The van der Waals surface area contributed by atoms with Crippen molar-refractivity contribution in [3.8, 4) is 5.69 Å². The van der Waals surface area contributed by atoms with E-state index < -0.39 is 22.8 Å². The molecule has 0 bridgehead atoms. The van der Waals surface area contributed by atoms with Gasteiger partial charge in [-0.3, -0.25) is 13.9 Å². The molecule has 1 spiro atoms. The summed E-state index contributed by atoms with van der Waals surface area (Å²) < 4.78 is 52.1. The molecule has 1 aliphatic carbocycles. The topological polar surface area (TPSA) is 69.6 Å². The van der Waals surface area contributed by atoms with Crippen LogP contribution < -0.4 is 5.69 Å². The molecular weight excluding hydrogens is 485 g/mol. The van der Waals surface area contributed by atoms with E-state index in [1.165, 1.54) is 29.7 Å². The Morgan fingerprint density at radius 3 is 2.51 bits per heavy atom. The van der Waals surface area contributed by atoms with Crippen LogP contribution in [0, 0.1) is 5.41 Å². The molecule has 3 aromatic heterocycles. The van der Waals surface area contributed by atoms with Gasteiger partial charge in [0.05, 0.1) is 30.0 Å². The number of hydrogen-bond donors (Lipinski definition) is 0. The quantitative estimate of drug-likeness (QED) is 0.413. The van der Waals surface area contributed by atoms with E-state index in [2.05, 4.69) is 15.1 Å². The van der Waals surface area contributed by atoms with Gasteiger partial charge in [-0.1, -0.05) is 12.1 Å². The van der Waals surface area contributed by atoms with Crippen LogP contribution in [0.15, 0.2) is 53.8 Å². The molecule has 0 unspecified atom stereocenters. The fourth-order valence-electron chi connectivity index (χ4n) is 5.91. The van der Waals surface area contributed by atoms with Gasteiger partial charge in [-0.15, -0.1) is 10.2 Å². The molecule has 2 saturated heterocycles. The van der Waals surface area contributed by atoms with Gasteiger partial charge in [0, 0.05) is 39.1 Å². The van der Waals surface area contributed by atoms with E-state index in [4.69, 9.17) is 4.74 Å². The second-order valence-corrected chi connectivity index (χ2v) is 10.8. The average molecular weight is 511 g/mol. The molecule has 8 nitrogen and oxygen atoms in total. The highest BCUT2D eigenvalue weighted by Gasteiger charge is 2.52. The summed E-state index contributed by atoms with van der Waals surface area (Å²) in [5, 5.41) is 8.26. The Morgan fingerprint density at radius 1 is 1.11 bits per heavy atom. The molecule has 1 aromatic carbocycles. The minimum Gasteiger partial charge on any atom is -0.378 e. The lowest BCUT2D eigenvalue weighted by Gasteiger charge is -2.40. The van der Waals surface area contributed by atoms with Crippen LogP contribution in [0.4, 0.5) is 13.2 Å². The molecule has 192 valence electrons. The zero-order chi connectivity index (χ0) is 25.6. The van der Waals surface area contributed by atoms with E-state index in [-0.39, 0.29) is 5.52 Å². The molecule has 0 atom stereocenters. The van der Waals surface area contributed by atoms with Crippen molar-refractivity contribution < 1.29 is 17.9 Å². The van der Waals surface area contributed by atoms with Gasteiger partial charge in [0.1, 0.15) is 17.6 Å². The monoisotopic (exact) mass is 510 g/mol. The number of ether oxygens (including phenoxy) is 1. The average Bonchev–Trinajstić information content (AvgIpc) is 3.39. The SMILES string of the molecule is Cn1cnnc1C1(c2cccc(-n3cc4c(C(F)(F)F)cc(CN5CC6(CC6)C5)cn4c3=O)c2)COC1. The Kier molecular flexibility index (Phi) is 4.64. The van der Waals surface area contributed by atoms with Crippen molar-refractivity contribution in [1.29, 1.82) is 0 Å². The third kappa shape index (κ3) is 3.47. The van der Waals surface area contributed by atoms with Crippen LogP contribution in [-0.2, 0) is 29.9 Å². The predicted octanol–water partition coefficient (Wildman–Crippen LogP) is 3.15. The van der Waals surface area contributed by atoms with Crippen molar-refractivity contribution in [2.24, 2.45) is 12.5 Å². The van der Waals surface area contributed by atoms with Gasteiger partial charge in [0.15, 0.2) is 0 Å². The van der Waals surface area contributed by atoms with E-state index in [0.717, 1.165) is 28.9 Å². The molecule has 5 heterocycles. The third-order valence-corrected chi connectivity index (χ3v) is 8.12. The maximum atomic E-state index is 14.1. The van der Waals surface area contributed by atoms with E-state index in [0.29, 0.717) is 36.4 Å². The zero-order valence-electron chi connectivity index (χ0n) is 20.2. The number of halogens is 3. The molecular formula is C26H25F3N6O2. The molecule has 0 N–H and O–H groups in total. The Bertz CT molecular complexity index is 1580. The first-order chi connectivity index (χ1) is 17.7. The lowest BCUT2D eigenvalue weighted by atomic mass is 9.77. The largest absolute Gasteiger partial charge is 0.418 e.